The van der Waals surface area contributed by atoms with Gasteiger partial charge in [0.2, 0.25) is 0 Å². The van der Waals surface area contributed by atoms with E-state index in [-0.39, 0.29) is 10.5 Å². The summed E-state index contributed by atoms with van der Waals surface area (Å²) >= 11 is 6.49. The van der Waals surface area contributed by atoms with Gasteiger partial charge in [-0.2, -0.15) is 5.10 Å². The third-order valence-corrected chi connectivity index (χ3v) is 3.56. The molecule has 0 radical (unpaired) electrons. The standard InChI is InChI=1S/C12H13N3OS2/c1-2-5-15-12(16)8(11(13)17)7-9(14-15)10-4-3-6-18-10/h3-4,6-7H,2,5H2,1H3,(H2,13,17). The van der Waals surface area contributed by atoms with Crippen LogP contribution in [0.2, 0.25) is 0 Å². The fraction of sp³-hybridized carbons (Fsp3) is 0.250. The highest BCUT2D eigenvalue weighted by molar-refractivity contribution is 7.80. The zero-order valence-electron chi connectivity index (χ0n) is 9.92. The molecule has 0 aliphatic rings. The lowest BCUT2D eigenvalue weighted by Gasteiger charge is -2.08. The second-order valence-electron chi connectivity index (χ2n) is 3.81. The van der Waals surface area contributed by atoms with E-state index in [1.54, 1.807) is 17.4 Å². The summed E-state index contributed by atoms with van der Waals surface area (Å²) in [5.74, 6) is 0. The van der Waals surface area contributed by atoms with Crippen LogP contribution < -0.4 is 11.3 Å². The van der Waals surface area contributed by atoms with Crippen molar-refractivity contribution in [3.8, 4) is 10.6 Å². The number of hydrogen-bond acceptors (Lipinski definition) is 4. The van der Waals surface area contributed by atoms with E-state index in [9.17, 15) is 4.79 Å². The normalized spacial score (nSPS) is 10.5. The monoisotopic (exact) mass is 279 g/mol. The maximum atomic E-state index is 12.1. The van der Waals surface area contributed by atoms with Gasteiger partial charge in [-0.05, 0) is 23.9 Å². The van der Waals surface area contributed by atoms with E-state index < -0.39 is 0 Å². The minimum atomic E-state index is -0.218. The number of hydrogen-bond donors (Lipinski definition) is 1. The van der Waals surface area contributed by atoms with Crippen LogP contribution in [0, 0.1) is 0 Å². The minimum absolute atomic E-state index is 0.116. The molecule has 2 N–H and O–H groups in total. The van der Waals surface area contributed by atoms with Gasteiger partial charge < -0.3 is 5.73 Å². The Morgan fingerprint density at radius 1 is 1.61 bits per heavy atom. The van der Waals surface area contributed by atoms with Crippen LogP contribution in [-0.2, 0) is 6.54 Å². The summed E-state index contributed by atoms with van der Waals surface area (Å²) in [4.78, 5) is 13.2. The fourth-order valence-electron chi connectivity index (χ4n) is 1.63. The Morgan fingerprint density at radius 2 is 2.39 bits per heavy atom. The first-order valence-corrected chi connectivity index (χ1v) is 6.88. The second-order valence-corrected chi connectivity index (χ2v) is 5.20. The third-order valence-electron chi connectivity index (χ3n) is 2.45. The van der Waals surface area contributed by atoms with Crippen molar-refractivity contribution in [1.82, 2.24) is 9.78 Å². The molecule has 0 bridgehead atoms. The molecule has 2 heterocycles. The minimum Gasteiger partial charge on any atom is -0.389 e. The van der Waals surface area contributed by atoms with Crippen LogP contribution in [0.3, 0.4) is 0 Å². The summed E-state index contributed by atoms with van der Waals surface area (Å²) < 4.78 is 1.43. The zero-order chi connectivity index (χ0) is 13.1. The van der Waals surface area contributed by atoms with Crippen molar-refractivity contribution in [3.05, 3.63) is 39.5 Å². The molecule has 0 amide bonds. The van der Waals surface area contributed by atoms with E-state index in [4.69, 9.17) is 18.0 Å². The quantitative estimate of drug-likeness (QED) is 0.870. The third kappa shape index (κ3) is 2.49. The highest BCUT2D eigenvalue weighted by atomic mass is 32.1. The molecular formula is C12H13N3OS2. The highest BCUT2D eigenvalue weighted by Gasteiger charge is 2.11. The maximum absolute atomic E-state index is 12.1. The highest BCUT2D eigenvalue weighted by Crippen LogP contribution is 2.22. The van der Waals surface area contributed by atoms with Gasteiger partial charge in [0.05, 0.1) is 10.4 Å². The van der Waals surface area contributed by atoms with E-state index in [1.165, 1.54) is 4.68 Å². The molecule has 2 rings (SSSR count). The number of nitrogens with two attached hydrogens (primary N) is 1. The van der Waals surface area contributed by atoms with Crippen LogP contribution >= 0.6 is 23.6 Å². The van der Waals surface area contributed by atoms with E-state index in [1.807, 2.05) is 24.4 Å². The zero-order valence-corrected chi connectivity index (χ0v) is 11.6. The van der Waals surface area contributed by atoms with Gasteiger partial charge in [-0.15, -0.1) is 11.3 Å². The lowest BCUT2D eigenvalue weighted by atomic mass is 10.2. The maximum Gasteiger partial charge on any atom is 0.277 e. The number of rotatable bonds is 4. The first-order chi connectivity index (χ1) is 8.63. The molecule has 2 aromatic rings. The van der Waals surface area contributed by atoms with Crippen molar-refractivity contribution in [1.29, 1.82) is 0 Å². The topological polar surface area (TPSA) is 60.9 Å². The SMILES string of the molecule is CCCn1nc(-c2cccs2)cc(C(N)=S)c1=O. The summed E-state index contributed by atoms with van der Waals surface area (Å²) in [7, 11) is 0. The number of thiocarbonyl (C=S) groups is 1. The van der Waals surface area contributed by atoms with Crippen LogP contribution in [-0.4, -0.2) is 14.8 Å². The largest absolute Gasteiger partial charge is 0.389 e. The van der Waals surface area contributed by atoms with Gasteiger partial charge in [0.1, 0.15) is 10.7 Å². The van der Waals surface area contributed by atoms with E-state index in [0.717, 1.165) is 17.0 Å². The molecular weight excluding hydrogens is 266 g/mol. The van der Waals surface area contributed by atoms with Crippen molar-refractivity contribution >= 4 is 28.5 Å². The van der Waals surface area contributed by atoms with Crippen LogP contribution in [0.1, 0.15) is 18.9 Å². The molecule has 0 saturated carbocycles. The van der Waals surface area contributed by atoms with Crippen molar-refractivity contribution in [2.75, 3.05) is 0 Å². The van der Waals surface area contributed by atoms with Gasteiger partial charge in [0.15, 0.2) is 0 Å². The van der Waals surface area contributed by atoms with Gasteiger partial charge in [-0.1, -0.05) is 25.2 Å². The average Bonchev–Trinajstić information content (AvgIpc) is 2.85. The van der Waals surface area contributed by atoms with Gasteiger partial charge in [-0.25, -0.2) is 4.68 Å². The lowest BCUT2D eigenvalue weighted by Crippen LogP contribution is -2.31. The molecule has 0 saturated heterocycles. The summed E-state index contributed by atoms with van der Waals surface area (Å²) in [5.41, 5.74) is 6.47. The van der Waals surface area contributed by atoms with Crippen molar-refractivity contribution in [2.45, 2.75) is 19.9 Å². The predicted molar refractivity (Wildman–Crippen MR) is 78.0 cm³/mol. The van der Waals surface area contributed by atoms with Crippen LogP contribution in [0.5, 0.6) is 0 Å². The van der Waals surface area contributed by atoms with Crippen molar-refractivity contribution < 1.29 is 0 Å². The summed E-state index contributed by atoms with van der Waals surface area (Å²) in [5, 5.41) is 6.31. The molecule has 94 valence electrons. The molecule has 0 aliphatic carbocycles. The fourth-order valence-corrected chi connectivity index (χ4v) is 2.45. The van der Waals surface area contributed by atoms with Crippen molar-refractivity contribution in [3.63, 3.8) is 0 Å². The number of thiophene rings is 1. The van der Waals surface area contributed by atoms with Crippen LogP contribution in [0.25, 0.3) is 10.6 Å². The van der Waals surface area contributed by atoms with Gasteiger partial charge in [0.25, 0.3) is 5.56 Å². The first-order valence-electron chi connectivity index (χ1n) is 5.59. The molecule has 18 heavy (non-hydrogen) atoms. The van der Waals surface area contributed by atoms with E-state index in [0.29, 0.717) is 12.1 Å². The number of aromatic nitrogens is 2. The molecule has 0 aromatic carbocycles. The molecule has 0 fully saturated rings. The molecule has 0 unspecified atom stereocenters. The molecule has 0 aliphatic heterocycles. The van der Waals surface area contributed by atoms with Crippen LogP contribution in [0.15, 0.2) is 28.4 Å². The number of nitrogens with zero attached hydrogens (tertiary/aromatic N) is 2. The Morgan fingerprint density at radius 3 is 2.94 bits per heavy atom. The van der Waals surface area contributed by atoms with E-state index in [2.05, 4.69) is 5.10 Å². The van der Waals surface area contributed by atoms with Gasteiger partial charge in [-0.3, -0.25) is 4.79 Å². The molecule has 0 atom stereocenters. The predicted octanol–water partition coefficient (Wildman–Crippen LogP) is 2.02. The molecule has 2 aromatic heterocycles. The van der Waals surface area contributed by atoms with Crippen LogP contribution in [0.4, 0.5) is 0 Å². The second kappa shape index (κ2) is 5.41. The van der Waals surface area contributed by atoms with E-state index >= 15 is 0 Å². The number of aryl methyl sites for hydroxylation is 1. The first kappa shape index (κ1) is 12.9. The van der Waals surface area contributed by atoms with Gasteiger partial charge >= 0.3 is 0 Å². The molecule has 0 spiro atoms. The Labute approximate surface area is 114 Å². The summed E-state index contributed by atoms with van der Waals surface area (Å²) in [6, 6.07) is 5.57. The van der Waals surface area contributed by atoms with Gasteiger partial charge in [0, 0.05) is 6.54 Å². The molecule has 6 heteroatoms. The average molecular weight is 279 g/mol. The Kier molecular flexibility index (Phi) is 3.88. The smallest absolute Gasteiger partial charge is 0.277 e. The Balaban J connectivity index is 2.62. The summed E-state index contributed by atoms with van der Waals surface area (Å²) in [6.07, 6.45) is 0.831. The Hall–Kier alpha value is -1.53. The summed E-state index contributed by atoms with van der Waals surface area (Å²) in [6.45, 7) is 2.56. The molecule has 4 nitrogen and oxygen atoms in total. The Bertz CT molecular complexity index is 617. The van der Waals surface area contributed by atoms with Crippen molar-refractivity contribution in [2.24, 2.45) is 5.73 Å². The lowest BCUT2D eigenvalue weighted by molar-refractivity contribution is 0.570.